The molecule has 7 nitrogen and oxygen atoms in total. The van der Waals surface area contributed by atoms with Gasteiger partial charge in [-0.2, -0.15) is 0 Å². The molecule has 3 amide bonds. The van der Waals surface area contributed by atoms with Gasteiger partial charge < -0.3 is 24.6 Å². The van der Waals surface area contributed by atoms with E-state index in [-0.39, 0.29) is 24.4 Å². The number of hydrogen-bond acceptors (Lipinski definition) is 5. The molecule has 0 bridgehead atoms. The fourth-order valence-corrected chi connectivity index (χ4v) is 5.25. The van der Waals surface area contributed by atoms with E-state index in [1.54, 1.807) is 48.7 Å². The minimum Gasteiger partial charge on any atom is -0.493 e. The van der Waals surface area contributed by atoms with Crippen LogP contribution in [0.15, 0.2) is 47.8 Å². The SMILES string of the molecule is COc1ccc(CCN(Cc2sccc2C)C(=O)CN(CC(C)C)C(=O)Nc2ccc(Cl)c(Cl)c2)cc1OC. The Morgan fingerprint density at radius 1 is 0.974 bits per heavy atom. The summed E-state index contributed by atoms with van der Waals surface area (Å²) in [5, 5.41) is 5.61. The number of anilines is 1. The maximum atomic E-state index is 13.7. The number of aryl methyl sites for hydroxylation is 1. The fourth-order valence-electron chi connectivity index (χ4n) is 4.03. The van der Waals surface area contributed by atoms with Crippen molar-refractivity contribution in [1.82, 2.24) is 9.80 Å². The lowest BCUT2D eigenvalue weighted by Crippen LogP contribution is -2.46. The molecule has 0 aliphatic heterocycles. The molecule has 0 saturated heterocycles. The average Bonchev–Trinajstić information content (AvgIpc) is 3.31. The number of thiophene rings is 1. The third-order valence-electron chi connectivity index (χ3n) is 6.14. The molecule has 10 heteroatoms. The summed E-state index contributed by atoms with van der Waals surface area (Å²) in [4.78, 5) is 31.4. The number of methoxy groups -OCH3 is 2. The number of ether oxygens (including phenoxy) is 2. The van der Waals surface area contributed by atoms with Gasteiger partial charge in [-0.15, -0.1) is 11.3 Å². The van der Waals surface area contributed by atoms with E-state index in [4.69, 9.17) is 32.7 Å². The zero-order valence-corrected chi connectivity index (χ0v) is 25.3. The lowest BCUT2D eigenvalue weighted by atomic mass is 10.1. The van der Waals surface area contributed by atoms with Crippen molar-refractivity contribution in [3.8, 4) is 11.5 Å². The number of hydrogen-bond donors (Lipinski definition) is 1. The Labute approximate surface area is 244 Å². The van der Waals surface area contributed by atoms with E-state index < -0.39 is 0 Å². The molecular weight excluding hydrogens is 557 g/mol. The quantitative estimate of drug-likeness (QED) is 0.243. The molecule has 39 heavy (non-hydrogen) atoms. The zero-order chi connectivity index (χ0) is 28.5. The minimum absolute atomic E-state index is 0.0539. The van der Waals surface area contributed by atoms with Crippen LogP contribution in [-0.2, 0) is 17.8 Å². The fraction of sp³-hybridized carbons (Fsp3) is 0.379. The van der Waals surface area contributed by atoms with Gasteiger partial charge in [0.1, 0.15) is 6.54 Å². The van der Waals surface area contributed by atoms with E-state index in [2.05, 4.69) is 5.32 Å². The van der Waals surface area contributed by atoms with Crippen LogP contribution in [0.1, 0.15) is 29.9 Å². The van der Waals surface area contributed by atoms with Crippen LogP contribution in [0.4, 0.5) is 10.5 Å². The molecule has 0 fully saturated rings. The first-order valence-corrected chi connectivity index (χ1v) is 14.3. The van der Waals surface area contributed by atoms with Gasteiger partial charge in [-0.25, -0.2) is 4.79 Å². The van der Waals surface area contributed by atoms with Crippen LogP contribution in [0.25, 0.3) is 0 Å². The molecule has 0 radical (unpaired) electrons. The minimum atomic E-state index is -0.373. The summed E-state index contributed by atoms with van der Waals surface area (Å²) in [6.45, 7) is 7.37. The average molecular weight is 593 g/mol. The maximum absolute atomic E-state index is 13.7. The number of carbonyl (C=O) groups is 2. The molecule has 0 unspecified atom stereocenters. The summed E-state index contributed by atoms with van der Waals surface area (Å²) >= 11 is 13.7. The van der Waals surface area contributed by atoms with Crippen LogP contribution < -0.4 is 14.8 Å². The summed E-state index contributed by atoms with van der Waals surface area (Å²) in [6, 6.07) is 12.3. The van der Waals surface area contributed by atoms with Gasteiger partial charge in [0, 0.05) is 23.7 Å². The number of halogens is 2. The second kappa shape index (κ2) is 14.4. The number of carbonyl (C=O) groups excluding carboxylic acids is 2. The first-order chi connectivity index (χ1) is 18.6. The van der Waals surface area contributed by atoms with Crippen molar-refractivity contribution >= 4 is 52.2 Å². The molecule has 3 aromatic rings. The van der Waals surface area contributed by atoms with Gasteiger partial charge in [0.25, 0.3) is 0 Å². The van der Waals surface area contributed by atoms with Gasteiger partial charge in [0.05, 0.1) is 30.8 Å². The second-order valence-corrected chi connectivity index (χ2v) is 11.4. The first-order valence-electron chi connectivity index (χ1n) is 12.6. The smallest absolute Gasteiger partial charge is 0.322 e. The third kappa shape index (κ3) is 8.78. The van der Waals surface area contributed by atoms with Crippen LogP contribution >= 0.6 is 34.5 Å². The molecule has 210 valence electrons. The molecule has 3 rings (SSSR count). The van der Waals surface area contributed by atoms with E-state index in [1.807, 2.05) is 55.3 Å². The highest BCUT2D eigenvalue weighted by molar-refractivity contribution is 7.10. The van der Waals surface area contributed by atoms with Gasteiger partial charge in [-0.3, -0.25) is 4.79 Å². The number of nitrogens with zero attached hydrogens (tertiary/aromatic N) is 2. The Morgan fingerprint density at radius 3 is 2.33 bits per heavy atom. The summed E-state index contributed by atoms with van der Waals surface area (Å²) in [6.07, 6.45) is 0.621. The number of urea groups is 1. The molecule has 1 aromatic heterocycles. The topological polar surface area (TPSA) is 71.1 Å². The van der Waals surface area contributed by atoms with Gasteiger partial charge in [0.15, 0.2) is 11.5 Å². The van der Waals surface area contributed by atoms with Gasteiger partial charge in [0.2, 0.25) is 5.91 Å². The summed E-state index contributed by atoms with van der Waals surface area (Å²) in [5.41, 5.74) is 2.67. The summed E-state index contributed by atoms with van der Waals surface area (Å²) < 4.78 is 10.8. The van der Waals surface area contributed by atoms with Crippen LogP contribution in [0.3, 0.4) is 0 Å². The summed E-state index contributed by atoms with van der Waals surface area (Å²) in [7, 11) is 3.20. The van der Waals surface area contributed by atoms with E-state index in [0.29, 0.717) is 53.3 Å². The molecular formula is C29H35Cl2N3O4S. The van der Waals surface area contributed by atoms with Crippen molar-refractivity contribution in [2.45, 2.75) is 33.7 Å². The predicted octanol–water partition coefficient (Wildman–Crippen LogP) is 7.14. The predicted molar refractivity (Wildman–Crippen MR) is 160 cm³/mol. The Kier molecular flexibility index (Phi) is 11.3. The van der Waals surface area contributed by atoms with E-state index >= 15 is 0 Å². The Bertz CT molecular complexity index is 1280. The van der Waals surface area contributed by atoms with Gasteiger partial charge >= 0.3 is 6.03 Å². The van der Waals surface area contributed by atoms with Crippen molar-refractivity contribution in [3.05, 3.63) is 73.9 Å². The highest BCUT2D eigenvalue weighted by Gasteiger charge is 2.23. The van der Waals surface area contributed by atoms with Gasteiger partial charge in [-0.1, -0.05) is 43.1 Å². The number of rotatable bonds is 12. The molecule has 0 saturated carbocycles. The van der Waals surface area contributed by atoms with E-state index in [0.717, 1.165) is 16.0 Å². The highest BCUT2D eigenvalue weighted by Crippen LogP contribution is 2.28. The highest BCUT2D eigenvalue weighted by atomic mass is 35.5. The van der Waals surface area contributed by atoms with E-state index in [9.17, 15) is 9.59 Å². The third-order valence-corrected chi connectivity index (χ3v) is 7.89. The Morgan fingerprint density at radius 2 is 1.72 bits per heavy atom. The molecule has 2 aromatic carbocycles. The molecule has 0 aliphatic rings. The van der Waals surface area contributed by atoms with Crippen molar-refractivity contribution in [2.75, 3.05) is 39.2 Å². The first kappa shape index (κ1) is 30.6. The van der Waals surface area contributed by atoms with Crippen molar-refractivity contribution in [3.63, 3.8) is 0 Å². The standard InChI is InChI=1S/C29H35Cl2N3O4S/c1-19(2)16-34(29(36)32-22-7-8-23(30)24(31)15-22)18-28(35)33(17-27-20(3)11-13-39-27)12-10-21-6-9-25(37-4)26(14-21)38-5/h6-9,11,13-15,19H,10,12,16-18H2,1-5H3,(H,32,36). The lowest BCUT2D eigenvalue weighted by molar-refractivity contribution is -0.132. The van der Waals surface area contributed by atoms with Gasteiger partial charge in [-0.05, 0) is 72.2 Å². The molecule has 1 N–H and O–H groups in total. The molecule has 1 heterocycles. The van der Waals surface area contributed by atoms with Crippen molar-refractivity contribution in [1.29, 1.82) is 0 Å². The number of nitrogens with one attached hydrogen (secondary N) is 1. The number of amides is 3. The maximum Gasteiger partial charge on any atom is 0.322 e. The van der Waals surface area contributed by atoms with Crippen LogP contribution in [0.2, 0.25) is 10.0 Å². The molecule has 0 aliphatic carbocycles. The Balaban J connectivity index is 1.78. The Hall–Kier alpha value is -2.94. The lowest BCUT2D eigenvalue weighted by Gasteiger charge is -2.29. The number of benzene rings is 2. The van der Waals surface area contributed by atoms with E-state index in [1.165, 1.54) is 0 Å². The van der Waals surface area contributed by atoms with Crippen LogP contribution in [0, 0.1) is 12.8 Å². The van der Waals surface area contributed by atoms with Crippen LogP contribution in [-0.4, -0.2) is 55.6 Å². The molecule has 0 spiro atoms. The summed E-state index contributed by atoms with van der Waals surface area (Å²) in [5.74, 6) is 1.33. The largest absolute Gasteiger partial charge is 0.493 e. The second-order valence-electron chi connectivity index (χ2n) is 9.61. The van der Waals surface area contributed by atoms with Crippen molar-refractivity contribution < 1.29 is 19.1 Å². The normalized spacial score (nSPS) is 10.9. The monoisotopic (exact) mass is 591 g/mol. The zero-order valence-electron chi connectivity index (χ0n) is 22.9. The van der Waals surface area contributed by atoms with Crippen molar-refractivity contribution in [2.24, 2.45) is 5.92 Å². The van der Waals surface area contributed by atoms with Crippen LogP contribution in [0.5, 0.6) is 11.5 Å². The molecule has 0 atom stereocenters.